The Morgan fingerprint density at radius 2 is 2.07 bits per heavy atom. The van der Waals surface area contributed by atoms with Crippen LogP contribution in [0.4, 0.5) is 5.69 Å². The van der Waals surface area contributed by atoms with E-state index in [4.69, 9.17) is 5.21 Å². The fourth-order valence-corrected chi connectivity index (χ4v) is 1.06. The number of nitrogens with one attached hydrogen (secondary N) is 2. The van der Waals surface area contributed by atoms with E-state index in [1.165, 1.54) is 0 Å². The van der Waals surface area contributed by atoms with E-state index in [9.17, 15) is 4.79 Å². The summed E-state index contributed by atoms with van der Waals surface area (Å²) in [5, 5.41) is 11.2. The highest BCUT2D eigenvalue weighted by Gasteiger charge is 2.07. The van der Waals surface area contributed by atoms with Gasteiger partial charge in [-0.25, -0.2) is 5.48 Å². The van der Waals surface area contributed by atoms with Crippen molar-refractivity contribution in [2.75, 3.05) is 5.32 Å². The molecule has 0 bridgehead atoms. The van der Waals surface area contributed by atoms with Crippen molar-refractivity contribution >= 4 is 11.6 Å². The van der Waals surface area contributed by atoms with Crippen LogP contribution in [-0.2, 0) is 4.79 Å². The highest BCUT2D eigenvalue weighted by atomic mass is 16.5. The van der Waals surface area contributed by atoms with Crippen molar-refractivity contribution in [2.24, 2.45) is 0 Å². The summed E-state index contributed by atoms with van der Waals surface area (Å²) >= 11 is 0. The van der Waals surface area contributed by atoms with E-state index in [0.717, 1.165) is 5.69 Å². The molecule has 0 saturated heterocycles. The van der Waals surface area contributed by atoms with Gasteiger partial charge in [0.2, 0.25) is 5.91 Å². The molecule has 0 saturated carbocycles. The topological polar surface area (TPSA) is 61.4 Å². The number of hydroxylamine groups is 1. The highest BCUT2D eigenvalue weighted by Crippen LogP contribution is 2.05. The number of amides is 1. The van der Waals surface area contributed by atoms with Crippen LogP contribution in [0.2, 0.25) is 0 Å². The lowest BCUT2D eigenvalue weighted by molar-refractivity contribution is -0.117. The summed E-state index contributed by atoms with van der Waals surface area (Å²) in [7, 11) is 0. The Morgan fingerprint density at radius 3 is 2.64 bits per heavy atom. The molecule has 4 heteroatoms. The van der Waals surface area contributed by atoms with Gasteiger partial charge in [0.25, 0.3) is 0 Å². The minimum Gasteiger partial charge on any atom is -0.326 e. The van der Waals surface area contributed by atoms with E-state index in [1.54, 1.807) is 6.92 Å². The number of hydrogen-bond acceptors (Lipinski definition) is 3. The minimum absolute atomic E-state index is 0.120. The van der Waals surface area contributed by atoms with Gasteiger partial charge in [-0.05, 0) is 19.1 Å². The Kier molecular flexibility index (Phi) is 4.10. The van der Waals surface area contributed by atoms with E-state index >= 15 is 0 Å². The summed E-state index contributed by atoms with van der Waals surface area (Å²) in [6.07, 6.45) is 0.241. The van der Waals surface area contributed by atoms with Crippen LogP contribution < -0.4 is 10.8 Å². The maximum atomic E-state index is 11.3. The molecule has 3 N–H and O–H groups in total. The third-order valence-electron chi connectivity index (χ3n) is 1.77. The maximum absolute atomic E-state index is 11.3. The van der Waals surface area contributed by atoms with Gasteiger partial charge in [-0.2, -0.15) is 0 Å². The highest BCUT2D eigenvalue weighted by molar-refractivity contribution is 5.90. The summed E-state index contributed by atoms with van der Waals surface area (Å²) in [4.78, 5) is 11.3. The Balaban J connectivity index is 2.42. The maximum Gasteiger partial charge on any atom is 0.226 e. The molecule has 0 heterocycles. The number of rotatable bonds is 4. The number of carbonyl (C=O) groups excluding carboxylic acids is 1. The molecule has 1 unspecified atom stereocenters. The average molecular weight is 194 g/mol. The fourth-order valence-electron chi connectivity index (χ4n) is 1.06. The molecule has 76 valence electrons. The zero-order chi connectivity index (χ0) is 10.4. The van der Waals surface area contributed by atoms with E-state index in [1.807, 2.05) is 35.8 Å². The third kappa shape index (κ3) is 3.55. The molecule has 0 aromatic heterocycles. The SMILES string of the molecule is CC(CC(=O)Nc1ccccc1)NO. The lowest BCUT2D eigenvalue weighted by Gasteiger charge is -2.09. The third-order valence-corrected chi connectivity index (χ3v) is 1.77. The Labute approximate surface area is 82.9 Å². The van der Waals surface area contributed by atoms with E-state index in [2.05, 4.69) is 5.32 Å². The lowest BCUT2D eigenvalue weighted by Crippen LogP contribution is -2.27. The molecule has 4 nitrogen and oxygen atoms in total. The van der Waals surface area contributed by atoms with Gasteiger partial charge in [-0.3, -0.25) is 4.79 Å². The summed E-state index contributed by atoms with van der Waals surface area (Å²) in [5.41, 5.74) is 2.79. The lowest BCUT2D eigenvalue weighted by atomic mass is 10.2. The first kappa shape index (κ1) is 10.7. The number of benzene rings is 1. The quantitative estimate of drug-likeness (QED) is 0.634. The van der Waals surface area contributed by atoms with Gasteiger partial charge in [-0.1, -0.05) is 18.2 Å². The molecule has 0 aliphatic rings. The molecule has 0 aliphatic heterocycles. The van der Waals surface area contributed by atoms with Crippen LogP contribution in [0.15, 0.2) is 30.3 Å². The second-order valence-corrected chi connectivity index (χ2v) is 3.15. The minimum atomic E-state index is -0.237. The van der Waals surface area contributed by atoms with E-state index in [-0.39, 0.29) is 18.4 Å². The van der Waals surface area contributed by atoms with Crippen LogP contribution in [0.3, 0.4) is 0 Å². The van der Waals surface area contributed by atoms with Crippen molar-refractivity contribution in [3.63, 3.8) is 0 Å². The number of hydrogen-bond donors (Lipinski definition) is 3. The molecule has 1 atom stereocenters. The molecule has 1 aromatic rings. The molecular weight excluding hydrogens is 180 g/mol. The summed E-state index contributed by atoms with van der Waals surface area (Å²) < 4.78 is 0. The summed E-state index contributed by atoms with van der Waals surface area (Å²) in [5.74, 6) is -0.120. The predicted molar refractivity (Wildman–Crippen MR) is 54.1 cm³/mol. The number of carbonyl (C=O) groups is 1. The first-order chi connectivity index (χ1) is 6.72. The molecule has 14 heavy (non-hydrogen) atoms. The Morgan fingerprint density at radius 1 is 1.43 bits per heavy atom. The van der Waals surface area contributed by atoms with Crippen molar-refractivity contribution in [3.8, 4) is 0 Å². The van der Waals surface area contributed by atoms with E-state index in [0.29, 0.717) is 0 Å². The van der Waals surface area contributed by atoms with Crippen molar-refractivity contribution in [2.45, 2.75) is 19.4 Å². The first-order valence-electron chi connectivity index (χ1n) is 4.47. The van der Waals surface area contributed by atoms with Gasteiger partial charge in [0.1, 0.15) is 0 Å². The number of para-hydroxylation sites is 1. The van der Waals surface area contributed by atoms with Crippen LogP contribution in [0.5, 0.6) is 0 Å². The molecular formula is C10H14N2O2. The second-order valence-electron chi connectivity index (χ2n) is 3.15. The molecule has 1 aromatic carbocycles. The van der Waals surface area contributed by atoms with Gasteiger partial charge in [-0.15, -0.1) is 0 Å². The largest absolute Gasteiger partial charge is 0.326 e. The van der Waals surface area contributed by atoms with Gasteiger partial charge >= 0.3 is 0 Å². The van der Waals surface area contributed by atoms with Gasteiger partial charge in [0.05, 0.1) is 0 Å². The Bertz CT molecular complexity index is 287. The van der Waals surface area contributed by atoms with Crippen LogP contribution in [0, 0.1) is 0 Å². The monoisotopic (exact) mass is 194 g/mol. The molecule has 0 spiro atoms. The zero-order valence-electron chi connectivity index (χ0n) is 8.03. The van der Waals surface area contributed by atoms with Crippen LogP contribution in [0.25, 0.3) is 0 Å². The normalized spacial score (nSPS) is 12.1. The molecule has 0 radical (unpaired) electrons. The van der Waals surface area contributed by atoms with Crippen LogP contribution >= 0.6 is 0 Å². The van der Waals surface area contributed by atoms with Gasteiger partial charge in [0, 0.05) is 18.2 Å². The molecule has 1 amide bonds. The first-order valence-corrected chi connectivity index (χ1v) is 4.47. The van der Waals surface area contributed by atoms with Gasteiger partial charge in [0.15, 0.2) is 0 Å². The summed E-state index contributed by atoms with van der Waals surface area (Å²) in [6, 6.07) is 8.98. The molecule has 1 rings (SSSR count). The fraction of sp³-hybridized carbons (Fsp3) is 0.300. The molecule has 0 fully saturated rings. The Hall–Kier alpha value is -1.39. The predicted octanol–water partition coefficient (Wildman–Crippen LogP) is 1.38. The van der Waals surface area contributed by atoms with Crippen molar-refractivity contribution in [1.82, 2.24) is 5.48 Å². The smallest absolute Gasteiger partial charge is 0.226 e. The van der Waals surface area contributed by atoms with Gasteiger partial charge < -0.3 is 10.5 Å². The van der Waals surface area contributed by atoms with Crippen molar-refractivity contribution in [1.29, 1.82) is 0 Å². The average Bonchev–Trinajstić information content (AvgIpc) is 2.19. The number of anilines is 1. The summed E-state index contributed by atoms with van der Waals surface area (Å²) in [6.45, 7) is 1.73. The van der Waals surface area contributed by atoms with E-state index < -0.39 is 0 Å². The van der Waals surface area contributed by atoms with Crippen molar-refractivity contribution < 1.29 is 10.0 Å². The standard InChI is InChI=1S/C10H14N2O2/c1-8(12-14)7-10(13)11-9-5-3-2-4-6-9/h2-6,8,12,14H,7H2,1H3,(H,11,13). The molecule has 0 aliphatic carbocycles. The second kappa shape index (κ2) is 5.36. The van der Waals surface area contributed by atoms with Crippen LogP contribution in [0.1, 0.15) is 13.3 Å². The van der Waals surface area contributed by atoms with Crippen molar-refractivity contribution in [3.05, 3.63) is 30.3 Å². The zero-order valence-corrected chi connectivity index (χ0v) is 8.03. The van der Waals surface area contributed by atoms with Crippen LogP contribution in [-0.4, -0.2) is 17.2 Å².